The Morgan fingerprint density at radius 3 is 1.18 bits per heavy atom. The van der Waals surface area contributed by atoms with Crippen LogP contribution in [0.25, 0.3) is 0 Å². The summed E-state index contributed by atoms with van der Waals surface area (Å²) in [6, 6.07) is -0.291. The third-order valence-electron chi connectivity index (χ3n) is 7.30. The first-order valence-corrected chi connectivity index (χ1v) is 14.4. The number of hydrogen-bond donors (Lipinski definition) is 0. The van der Waals surface area contributed by atoms with Gasteiger partial charge in [-0.05, 0) is 13.8 Å². The SMILES string of the molecule is CC(C(C)N1CC(=O)N(CN2CCSCC2)C(=O)C1)N1CC(=O)N(CN2CCSCC2)C(=O)C1. The van der Waals surface area contributed by atoms with Crippen LogP contribution in [0, 0.1) is 0 Å². The maximum absolute atomic E-state index is 12.8. The van der Waals surface area contributed by atoms with E-state index in [-0.39, 0.29) is 61.9 Å². The van der Waals surface area contributed by atoms with E-state index in [9.17, 15) is 19.2 Å². The van der Waals surface area contributed by atoms with Crippen LogP contribution in [0.2, 0.25) is 0 Å². The van der Waals surface area contributed by atoms with Gasteiger partial charge in [0, 0.05) is 61.3 Å². The molecule has 34 heavy (non-hydrogen) atoms. The molecule has 0 aliphatic carbocycles. The summed E-state index contributed by atoms with van der Waals surface area (Å²) in [7, 11) is 0. The van der Waals surface area contributed by atoms with E-state index in [4.69, 9.17) is 0 Å². The highest BCUT2D eigenvalue weighted by molar-refractivity contribution is 7.99. The predicted molar refractivity (Wildman–Crippen MR) is 133 cm³/mol. The molecule has 2 atom stereocenters. The Balaban J connectivity index is 1.30. The van der Waals surface area contributed by atoms with Crippen LogP contribution in [0.1, 0.15) is 13.8 Å². The highest BCUT2D eigenvalue weighted by atomic mass is 32.2. The molecule has 2 unspecified atom stereocenters. The molecule has 0 aromatic carbocycles. The van der Waals surface area contributed by atoms with Gasteiger partial charge in [0.25, 0.3) is 0 Å². The molecule has 190 valence electrons. The fourth-order valence-corrected chi connectivity index (χ4v) is 6.77. The zero-order valence-electron chi connectivity index (χ0n) is 20.2. The molecule has 12 heteroatoms. The van der Waals surface area contributed by atoms with E-state index in [0.29, 0.717) is 13.3 Å². The molecule has 10 nitrogen and oxygen atoms in total. The molecule has 4 heterocycles. The molecule has 0 saturated carbocycles. The van der Waals surface area contributed by atoms with Crippen molar-refractivity contribution in [3.8, 4) is 0 Å². The largest absolute Gasteiger partial charge is 0.284 e. The number of carbonyl (C=O) groups is 4. The lowest BCUT2D eigenvalue weighted by Gasteiger charge is -2.44. The first kappa shape index (κ1) is 25.9. The van der Waals surface area contributed by atoms with Crippen molar-refractivity contribution in [3.05, 3.63) is 0 Å². The van der Waals surface area contributed by atoms with E-state index in [1.165, 1.54) is 9.80 Å². The van der Waals surface area contributed by atoms with Crippen molar-refractivity contribution in [1.82, 2.24) is 29.4 Å². The summed E-state index contributed by atoms with van der Waals surface area (Å²) in [5.41, 5.74) is 0. The van der Waals surface area contributed by atoms with E-state index in [1.807, 2.05) is 47.2 Å². The van der Waals surface area contributed by atoms with E-state index in [0.717, 1.165) is 49.2 Å². The molecule has 0 aromatic heterocycles. The summed E-state index contributed by atoms with van der Waals surface area (Å²) in [6.45, 7) is 8.95. The summed E-state index contributed by atoms with van der Waals surface area (Å²) < 4.78 is 0. The molecule has 0 N–H and O–H groups in total. The molecular formula is C22H36N6O4S2. The van der Waals surface area contributed by atoms with Crippen LogP contribution in [0.4, 0.5) is 0 Å². The van der Waals surface area contributed by atoms with Gasteiger partial charge >= 0.3 is 0 Å². The lowest BCUT2D eigenvalue weighted by molar-refractivity contribution is -0.159. The second-order valence-corrected chi connectivity index (χ2v) is 11.9. The van der Waals surface area contributed by atoms with Gasteiger partial charge in [-0.25, -0.2) is 0 Å². The minimum absolute atomic E-state index is 0.146. The molecule has 4 amide bonds. The maximum Gasteiger partial charge on any atom is 0.244 e. The lowest BCUT2D eigenvalue weighted by atomic mass is 10.1. The fourth-order valence-electron chi connectivity index (χ4n) is 4.81. The summed E-state index contributed by atoms with van der Waals surface area (Å²) in [5.74, 6) is 3.40. The van der Waals surface area contributed by atoms with E-state index in [2.05, 4.69) is 9.80 Å². The zero-order chi connectivity index (χ0) is 24.2. The Hall–Kier alpha value is -1.18. The average Bonchev–Trinajstić information content (AvgIpc) is 2.83. The molecule has 0 spiro atoms. The van der Waals surface area contributed by atoms with Crippen LogP contribution in [-0.4, -0.2) is 154 Å². The van der Waals surface area contributed by atoms with Gasteiger partial charge in [-0.15, -0.1) is 0 Å². The molecule has 4 aliphatic rings. The van der Waals surface area contributed by atoms with Gasteiger partial charge in [-0.3, -0.25) is 48.6 Å². The van der Waals surface area contributed by atoms with Crippen LogP contribution < -0.4 is 0 Å². The quantitative estimate of drug-likeness (QED) is 0.401. The predicted octanol–water partition coefficient (Wildman–Crippen LogP) is -0.882. The van der Waals surface area contributed by atoms with Gasteiger partial charge in [0.15, 0.2) is 0 Å². The Kier molecular flexibility index (Phi) is 8.91. The van der Waals surface area contributed by atoms with Crippen LogP contribution in [0.5, 0.6) is 0 Å². The Morgan fingerprint density at radius 2 is 0.882 bits per heavy atom. The standard InChI is InChI=1S/C22H36N6O4S2/c1-17(25-11-19(29)27(20(30)12-25)15-23-3-7-33-8-4-23)18(2)26-13-21(31)28(22(32)14-26)16-24-5-9-34-10-6-24/h17-18H,3-16H2,1-2H3. The first-order valence-electron chi connectivity index (χ1n) is 12.1. The number of thioether (sulfide) groups is 2. The van der Waals surface area contributed by atoms with Crippen LogP contribution in [0.15, 0.2) is 0 Å². The van der Waals surface area contributed by atoms with Gasteiger partial charge in [0.05, 0.1) is 39.5 Å². The molecule has 0 bridgehead atoms. The number of nitrogens with zero attached hydrogens (tertiary/aromatic N) is 6. The minimum atomic E-state index is -0.176. The van der Waals surface area contributed by atoms with Gasteiger partial charge in [-0.2, -0.15) is 23.5 Å². The third kappa shape index (κ3) is 6.14. The second-order valence-electron chi connectivity index (χ2n) is 9.47. The van der Waals surface area contributed by atoms with Crippen LogP contribution >= 0.6 is 23.5 Å². The normalized spacial score (nSPS) is 26.9. The molecule has 4 aliphatic heterocycles. The highest BCUT2D eigenvalue weighted by Gasteiger charge is 2.40. The van der Waals surface area contributed by atoms with Gasteiger partial charge in [-0.1, -0.05) is 0 Å². The van der Waals surface area contributed by atoms with Gasteiger partial charge in [0.2, 0.25) is 23.6 Å². The van der Waals surface area contributed by atoms with E-state index in [1.54, 1.807) is 0 Å². The monoisotopic (exact) mass is 512 g/mol. The third-order valence-corrected chi connectivity index (χ3v) is 9.18. The van der Waals surface area contributed by atoms with E-state index < -0.39 is 0 Å². The fraction of sp³-hybridized carbons (Fsp3) is 0.818. The molecule has 4 saturated heterocycles. The van der Waals surface area contributed by atoms with Crippen molar-refractivity contribution in [2.75, 3.05) is 88.7 Å². The van der Waals surface area contributed by atoms with Crippen molar-refractivity contribution in [3.63, 3.8) is 0 Å². The van der Waals surface area contributed by atoms with Crippen molar-refractivity contribution in [2.24, 2.45) is 0 Å². The summed E-state index contributed by atoms with van der Waals surface area (Å²) in [4.78, 5) is 62.1. The lowest BCUT2D eigenvalue weighted by Crippen LogP contribution is -2.64. The topological polar surface area (TPSA) is 87.7 Å². The Labute approximate surface area is 210 Å². The van der Waals surface area contributed by atoms with Crippen molar-refractivity contribution in [1.29, 1.82) is 0 Å². The minimum Gasteiger partial charge on any atom is -0.284 e. The Bertz CT molecular complexity index is 689. The maximum atomic E-state index is 12.8. The second kappa shape index (κ2) is 11.7. The molecule has 4 rings (SSSR count). The average molecular weight is 513 g/mol. The van der Waals surface area contributed by atoms with E-state index >= 15 is 0 Å². The number of carbonyl (C=O) groups excluding carboxylic acids is 4. The van der Waals surface area contributed by atoms with Gasteiger partial charge < -0.3 is 0 Å². The molecular weight excluding hydrogens is 476 g/mol. The molecule has 0 aromatic rings. The number of hydrogen-bond acceptors (Lipinski definition) is 10. The summed E-state index contributed by atoms with van der Waals surface area (Å²) >= 11 is 3.79. The number of amides is 4. The summed E-state index contributed by atoms with van der Waals surface area (Å²) in [5, 5.41) is 0. The van der Waals surface area contributed by atoms with Crippen molar-refractivity contribution >= 4 is 47.2 Å². The zero-order valence-corrected chi connectivity index (χ0v) is 21.8. The number of imide groups is 2. The molecule has 4 fully saturated rings. The van der Waals surface area contributed by atoms with Crippen molar-refractivity contribution < 1.29 is 19.2 Å². The first-order chi connectivity index (χ1) is 16.3. The summed E-state index contributed by atoms with van der Waals surface area (Å²) in [6.07, 6.45) is 0. The van der Waals surface area contributed by atoms with Crippen molar-refractivity contribution in [2.45, 2.75) is 25.9 Å². The van der Waals surface area contributed by atoms with Crippen LogP contribution in [-0.2, 0) is 19.2 Å². The van der Waals surface area contributed by atoms with Gasteiger partial charge in [0.1, 0.15) is 0 Å². The smallest absolute Gasteiger partial charge is 0.244 e. The van der Waals surface area contributed by atoms with Crippen LogP contribution in [0.3, 0.4) is 0 Å². The highest BCUT2D eigenvalue weighted by Crippen LogP contribution is 2.19. The number of piperazine rings is 2. The number of rotatable bonds is 7. The molecule has 0 radical (unpaired) electrons. The Morgan fingerprint density at radius 1 is 0.588 bits per heavy atom.